The summed E-state index contributed by atoms with van der Waals surface area (Å²) >= 11 is 1.74. The van der Waals surface area contributed by atoms with E-state index in [0.717, 1.165) is 25.7 Å². The van der Waals surface area contributed by atoms with Crippen molar-refractivity contribution in [3.63, 3.8) is 0 Å². The SMILES string of the molecule is CC(CNC(=O)NC1(CO)CCCC1)Sc1ccccc1. The van der Waals surface area contributed by atoms with Crippen LogP contribution in [0, 0.1) is 0 Å². The second kappa shape index (κ2) is 7.71. The minimum absolute atomic E-state index is 0.0226. The number of amides is 2. The molecule has 0 saturated heterocycles. The van der Waals surface area contributed by atoms with Gasteiger partial charge in [-0.25, -0.2) is 4.79 Å². The molecule has 1 atom stereocenters. The molecule has 0 aliphatic heterocycles. The highest BCUT2D eigenvalue weighted by Gasteiger charge is 2.34. The fourth-order valence-electron chi connectivity index (χ4n) is 2.67. The molecule has 0 aromatic heterocycles. The van der Waals surface area contributed by atoms with Crippen LogP contribution in [0.15, 0.2) is 35.2 Å². The van der Waals surface area contributed by atoms with Crippen molar-refractivity contribution in [3.8, 4) is 0 Å². The highest BCUT2D eigenvalue weighted by Crippen LogP contribution is 2.29. The van der Waals surface area contributed by atoms with Gasteiger partial charge in [-0.2, -0.15) is 0 Å². The lowest BCUT2D eigenvalue weighted by atomic mass is 9.99. The number of thioether (sulfide) groups is 1. The van der Waals surface area contributed by atoms with Gasteiger partial charge in [0, 0.05) is 16.7 Å². The van der Waals surface area contributed by atoms with Gasteiger partial charge in [0.05, 0.1) is 12.1 Å². The Hall–Kier alpha value is -1.20. The van der Waals surface area contributed by atoms with Gasteiger partial charge < -0.3 is 15.7 Å². The number of benzene rings is 1. The number of carbonyl (C=O) groups is 1. The maximum absolute atomic E-state index is 12.0. The lowest BCUT2D eigenvalue weighted by Gasteiger charge is -2.28. The molecule has 2 rings (SSSR count). The van der Waals surface area contributed by atoms with Gasteiger partial charge >= 0.3 is 6.03 Å². The summed E-state index contributed by atoms with van der Waals surface area (Å²) < 4.78 is 0. The van der Waals surface area contributed by atoms with Crippen LogP contribution >= 0.6 is 11.8 Å². The molecule has 21 heavy (non-hydrogen) atoms. The zero-order chi connectivity index (χ0) is 15.1. The third kappa shape index (κ3) is 4.93. The highest BCUT2D eigenvalue weighted by molar-refractivity contribution is 8.00. The Balaban J connectivity index is 1.73. The van der Waals surface area contributed by atoms with Gasteiger partial charge in [-0.15, -0.1) is 11.8 Å². The molecule has 5 heteroatoms. The second-order valence-electron chi connectivity index (χ2n) is 5.72. The van der Waals surface area contributed by atoms with E-state index in [1.165, 1.54) is 4.90 Å². The Labute approximate surface area is 130 Å². The maximum atomic E-state index is 12.0. The van der Waals surface area contributed by atoms with Crippen LogP contribution < -0.4 is 10.6 Å². The van der Waals surface area contributed by atoms with Crippen LogP contribution in [0.25, 0.3) is 0 Å². The number of aliphatic hydroxyl groups is 1. The zero-order valence-electron chi connectivity index (χ0n) is 12.5. The summed E-state index contributed by atoms with van der Waals surface area (Å²) in [6.45, 7) is 2.72. The molecule has 1 saturated carbocycles. The van der Waals surface area contributed by atoms with Crippen LogP contribution in [-0.4, -0.2) is 35.1 Å². The normalized spacial score (nSPS) is 18.2. The summed E-state index contributed by atoms with van der Waals surface area (Å²) in [7, 11) is 0. The second-order valence-corrected chi connectivity index (χ2v) is 7.23. The molecule has 1 aromatic carbocycles. The van der Waals surface area contributed by atoms with E-state index < -0.39 is 5.54 Å². The topological polar surface area (TPSA) is 61.4 Å². The summed E-state index contributed by atoms with van der Waals surface area (Å²) in [6, 6.07) is 9.99. The minimum Gasteiger partial charge on any atom is -0.394 e. The van der Waals surface area contributed by atoms with Crippen LogP contribution in [0.4, 0.5) is 4.79 Å². The highest BCUT2D eigenvalue weighted by atomic mass is 32.2. The van der Waals surface area contributed by atoms with Gasteiger partial charge in [-0.05, 0) is 25.0 Å². The van der Waals surface area contributed by atoms with E-state index in [-0.39, 0.29) is 12.6 Å². The molecule has 1 aromatic rings. The van der Waals surface area contributed by atoms with Gasteiger partial charge in [-0.1, -0.05) is 38.0 Å². The summed E-state index contributed by atoms with van der Waals surface area (Å²) in [5.74, 6) is 0. The molecule has 0 bridgehead atoms. The lowest BCUT2D eigenvalue weighted by molar-refractivity contribution is 0.163. The van der Waals surface area contributed by atoms with Crippen molar-refractivity contribution in [1.29, 1.82) is 0 Å². The van der Waals surface area contributed by atoms with E-state index in [9.17, 15) is 9.90 Å². The standard InChI is InChI=1S/C16H24N2O2S/c1-13(21-14-7-3-2-4-8-14)11-17-15(20)18-16(12-19)9-5-6-10-16/h2-4,7-8,13,19H,5-6,9-12H2,1H3,(H2,17,18,20). The van der Waals surface area contributed by atoms with E-state index >= 15 is 0 Å². The predicted molar refractivity (Wildman–Crippen MR) is 86.6 cm³/mol. The van der Waals surface area contributed by atoms with Crippen LogP contribution in [0.2, 0.25) is 0 Å². The van der Waals surface area contributed by atoms with E-state index in [1.807, 2.05) is 18.2 Å². The van der Waals surface area contributed by atoms with Crippen molar-refractivity contribution in [2.45, 2.75) is 48.3 Å². The van der Waals surface area contributed by atoms with Crippen LogP contribution in [-0.2, 0) is 0 Å². The first kappa shape index (κ1) is 16.2. The van der Waals surface area contributed by atoms with Crippen molar-refractivity contribution >= 4 is 17.8 Å². The summed E-state index contributed by atoms with van der Waals surface area (Å²) in [5.41, 5.74) is -0.403. The fraction of sp³-hybridized carbons (Fsp3) is 0.562. The monoisotopic (exact) mass is 308 g/mol. The van der Waals surface area contributed by atoms with Gasteiger partial charge in [-0.3, -0.25) is 0 Å². The molecule has 0 radical (unpaired) electrons. The summed E-state index contributed by atoms with van der Waals surface area (Å²) in [4.78, 5) is 13.2. The molecule has 0 spiro atoms. The number of aliphatic hydroxyl groups excluding tert-OH is 1. The van der Waals surface area contributed by atoms with Crippen molar-refractivity contribution < 1.29 is 9.90 Å². The van der Waals surface area contributed by atoms with E-state index in [1.54, 1.807) is 11.8 Å². The Kier molecular flexibility index (Phi) is 5.94. The average Bonchev–Trinajstić information content (AvgIpc) is 2.95. The van der Waals surface area contributed by atoms with Gasteiger partial charge in [0.15, 0.2) is 0 Å². The molecule has 4 nitrogen and oxygen atoms in total. The zero-order valence-corrected chi connectivity index (χ0v) is 13.3. The molecule has 1 fully saturated rings. The number of hydrogen-bond acceptors (Lipinski definition) is 3. The van der Waals surface area contributed by atoms with E-state index in [2.05, 4.69) is 29.7 Å². The Morgan fingerprint density at radius 1 is 1.33 bits per heavy atom. The van der Waals surface area contributed by atoms with Crippen LogP contribution in [0.5, 0.6) is 0 Å². The fourth-order valence-corrected chi connectivity index (χ4v) is 3.61. The van der Waals surface area contributed by atoms with E-state index in [4.69, 9.17) is 0 Å². The van der Waals surface area contributed by atoms with E-state index in [0.29, 0.717) is 11.8 Å². The quantitative estimate of drug-likeness (QED) is 0.708. The lowest BCUT2D eigenvalue weighted by Crippen LogP contribution is -2.53. The Morgan fingerprint density at radius 2 is 2.00 bits per heavy atom. The molecule has 3 N–H and O–H groups in total. The predicted octanol–water partition coefficient (Wildman–Crippen LogP) is 2.77. The number of nitrogens with one attached hydrogen (secondary N) is 2. The first-order valence-electron chi connectivity index (χ1n) is 7.52. The molecule has 1 aliphatic carbocycles. The molecule has 2 amide bonds. The van der Waals surface area contributed by atoms with Crippen LogP contribution in [0.3, 0.4) is 0 Å². The number of rotatable bonds is 6. The molecule has 116 valence electrons. The molecule has 1 aliphatic rings. The molecule has 0 heterocycles. The number of carbonyl (C=O) groups excluding carboxylic acids is 1. The van der Waals surface area contributed by atoms with Crippen molar-refractivity contribution in [1.82, 2.24) is 10.6 Å². The number of urea groups is 1. The molecular weight excluding hydrogens is 284 g/mol. The molecule has 1 unspecified atom stereocenters. The Morgan fingerprint density at radius 3 is 2.62 bits per heavy atom. The average molecular weight is 308 g/mol. The van der Waals surface area contributed by atoms with Gasteiger partial charge in [0.1, 0.15) is 0 Å². The third-order valence-corrected chi connectivity index (χ3v) is 4.99. The smallest absolute Gasteiger partial charge is 0.315 e. The van der Waals surface area contributed by atoms with Gasteiger partial charge in [0.25, 0.3) is 0 Å². The first-order chi connectivity index (χ1) is 10.1. The largest absolute Gasteiger partial charge is 0.394 e. The minimum atomic E-state index is -0.403. The number of hydrogen-bond donors (Lipinski definition) is 3. The van der Waals surface area contributed by atoms with Gasteiger partial charge in [0.2, 0.25) is 0 Å². The van der Waals surface area contributed by atoms with Crippen molar-refractivity contribution in [2.24, 2.45) is 0 Å². The summed E-state index contributed by atoms with van der Waals surface area (Å²) in [5, 5.41) is 15.6. The van der Waals surface area contributed by atoms with Crippen molar-refractivity contribution in [3.05, 3.63) is 30.3 Å². The van der Waals surface area contributed by atoms with Crippen LogP contribution in [0.1, 0.15) is 32.6 Å². The summed E-state index contributed by atoms with van der Waals surface area (Å²) in [6.07, 6.45) is 3.87. The molecular formula is C16H24N2O2S. The third-order valence-electron chi connectivity index (χ3n) is 3.87. The van der Waals surface area contributed by atoms with Crippen molar-refractivity contribution in [2.75, 3.05) is 13.2 Å². The maximum Gasteiger partial charge on any atom is 0.315 e. The Bertz CT molecular complexity index is 447. The first-order valence-corrected chi connectivity index (χ1v) is 8.40.